The largest absolute Gasteiger partial charge is 0.342 e. The molecule has 5 heteroatoms. The Labute approximate surface area is 184 Å². The van der Waals surface area contributed by atoms with Crippen LogP contribution in [0.1, 0.15) is 37.3 Å². The van der Waals surface area contributed by atoms with Crippen molar-refractivity contribution in [2.45, 2.75) is 43.2 Å². The van der Waals surface area contributed by atoms with Gasteiger partial charge in [-0.2, -0.15) is 0 Å². The molecule has 0 N–H and O–H groups in total. The van der Waals surface area contributed by atoms with Crippen molar-refractivity contribution in [3.63, 3.8) is 0 Å². The second kappa shape index (κ2) is 8.48. The second-order valence-corrected chi connectivity index (χ2v) is 10.4. The van der Waals surface area contributed by atoms with Gasteiger partial charge in [-0.1, -0.05) is 60.7 Å². The van der Waals surface area contributed by atoms with E-state index in [1.54, 1.807) is 6.08 Å². The molecule has 1 aromatic heterocycles. The number of nitrogens with zero attached hydrogens (tertiary/aromatic N) is 2. The van der Waals surface area contributed by atoms with Crippen LogP contribution >= 0.6 is 0 Å². The fourth-order valence-electron chi connectivity index (χ4n) is 4.85. The molecule has 5 rings (SSSR count). The Bertz CT molecular complexity index is 1240. The summed E-state index contributed by atoms with van der Waals surface area (Å²) in [4.78, 5) is 3.34. The fourth-order valence-corrected chi connectivity index (χ4v) is 6.43. The number of piperidine rings is 1. The van der Waals surface area contributed by atoms with Crippen molar-refractivity contribution in [3.05, 3.63) is 89.5 Å². The summed E-state index contributed by atoms with van der Waals surface area (Å²) >= 11 is 0. The molecule has 0 amide bonds. The Morgan fingerprint density at radius 1 is 0.968 bits per heavy atom. The molecule has 1 aliphatic carbocycles. The quantitative estimate of drug-likeness (QED) is 0.536. The van der Waals surface area contributed by atoms with E-state index < -0.39 is 9.84 Å². The Kier molecular flexibility index (Phi) is 5.55. The highest BCUT2D eigenvalue weighted by molar-refractivity contribution is 7.95. The van der Waals surface area contributed by atoms with Crippen molar-refractivity contribution in [2.24, 2.45) is 0 Å². The smallest absolute Gasteiger partial charge is 0.208 e. The molecule has 1 saturated heterocycles. The lowest BCUT2D eigenvalue weighted by Crippen LogP contribution is -2.35. The van der Waals surface area contributed by atoms with Crippen LogP contribution in [0.2, 0.25) is 0 Å². The van der Waals surface area contributed by atoms with Gasteiger partial charge in [-0.15, -0.1) is 0 Å². The first-order chi connectivity index (χ1) is 15.1. The molecule has 1 aliphatic heterocycles. The third-order valence-corrected chi connectivity index (χ3v) is 8.22. The van der Waals surface area contributed by atoms with Crippen molar-refractivity contribution in [1.29, 1.82) is 0 Å². The van der Waals surface area contributed by atoms with Gasteiger partial charge in [-0.3, -0.25) is 4.90 Å². The van der Waals surface area contributed by atoms with Gasteiger partial charge < -0.3 is 4.57 Å². The maximum Gasteiger partial charge on any atom is 0.208 e. The number of sulfone groups is 1. The number of fused-ring (bicyclic) bond motifs is 1. The van der Waals surface area contributed by atoms with Gasteiger partial charge in [0.2, 0.25) is 9.84 Å². The lowest BCUT2D eigenvalue weighted by Gasteiger charge is -2.34. The molecule has 1 atom stereocenters. The summed E-state index contributed by atoms with van der Waals surface area (Å²) in [6.45, 7) is 2.93. The number of hydrogen-bond donors (Lipinski definition) is 0. The first-order valence-corrected chi connectivity index (χ1v) is 12.6. The molecule has 0 spiro atoms. The molecular weight excluding hydrogens is 404 g/mol. The van der Waals surface area contributed by atoms with E-state index >= 15 is 0 Å². The summed E-state index contributed by atoms with van der Waals surface area (Å²) in [7, 11) is -3.53. The van der Waals surface area contributed by atoms with Crippen LogP contribution in [0.15, 0.2) is 88.8 Å². The van der Waals surface area contributed by atoms with E-state index in [4.69, 9.17) is 0 Å². The zero-order valence-electron chi connectivity index (χ0n) is 17.7. The van der Waals surface area contributed by atoms with Crippen molar-refractivity contribution in [2.75, 3.05) is 13.1 Å². The van der Waals surface area contributed by atoms with Crippen molar-refractivity contribution >= 4 is 20.7 Å². The highest BCUT2D eigenvalue weighted by Crippen LogP contribution is 2.35. The monoisotopic (exact) mass is 432 g/mol. The lowest BCUT2D eigenvalue weighted by molar-refractivity contribution is 0.172. The Balaban J connectivity index is 1.49. The summed E-state index contributed by atoms with van der Waals surface area (Å²) in [6, 6.07) is 18.7. The number of likely N-dealkylation sites (tertiary alicyclic amines) is 1. The molecule has 160 valence electrons. The summed E-state index contributed by atoms with van der Waals surface area (Å²) in [5.41, 5.74) is 2.33. The van der Waals surface area contributed by atoms with Gasteiger partial charge in [-0.05, 0) is 49.9 Å². The van der Waals surface area contributed by atoms with E-state index in [0.29, 0.717) is 9.80 Å². The van der Waals surface area contributed by atoms with Crippen LogP contribution in [-0.2, 0) is 16.4 Å². The van der Waals surface area contributed by atoms with Crippen LogP contribution in [0.3, 0.4) is 0 Å². The van der Waals surface area contributed by atoms with Gasteiger partial charge in [-0.25, -0.2) is 8.42 Å². The first kappa shape index (κ1) is 20.3. The molecule has 3 aromatic rings. The zero-order chi connectivity index (χ0) is 21.3. The van der Waals surface area contributed by atoms with E-state index in [1.165, 1.54) is 5.56 Å². The number of allylic oxidation sites excluding steroid dienone is 3. The highest BCUT2D eigenvalue weighted by atomic mass is 32.2. The van der Waals surface area contributed by atoms with Crippen LogP contribution in [0, 0.1) is 0 Å². The molecule has 1 fully saturated rings. The van der Waals surface area contributed by atoms with Gasteiger partial charge in [0, 0.05) is 36.2 Å². The molecule has 31 heavy (non-hydrogen) atoms. The SMILES string of the molecule is O=S(=O)(C1=CCCC=C1)c1cn(C2CCCN(Cc3ccccc3)C2)c2ccccc12. The maximum absolute atomic E-state index is 13.5. The molecule has 2 aromatic carbocycles. The van der Waals surface area contributed by atoms with E-state index in [9.17, 15) is 8.42 Å². The Hall–Kier alpha value is -2.63. The standard InChI is InChI=1S/C26H28N2O2S/c29-31(30,23-13-5-2-6-14-23)26-20-28(25-16-8-7-15-24(25)26)22-12-9-17-27(19-22)18-21-10-3-1-4-11-21/h1,3-5,7-8,10-11,13-16,20,22H,2,6,9,12,17-19H2. The number of benzene rings is 2. The molecular formula is C26H28N2O2S. The van der Waals surface area contributed by atoms with Crippen molar-refractivity contribution in [3.8, 4) is 0 Å². The lowest BCUT2D eigenvalue weighted by atomic mass is 10.0. The van der Waals surface area contributed by atoms with Crippen LogP contribution in [-0.4, -0.2) is 31.0 Å². The minimum atomic E-state index is -3.53. The van der Waals surface area contributed by atoms with Gasteiger partial charge in [0.15, 0.2) is 0 Å². The van der Waals surface area contributed by atoms with Gasteiger partial charge in [0.05, 0.1) is 9.80 Å². The average Bonchev–Trinajstić information content (AvgIpc) is 3.21. The second-order valence-electron chi connectivity index (χ2n) is 8.52. The fraction of sp³-hybridized carbons (Fsp3) is 0.308. The number of aromatic nitrogens is 1. The summed E-state index contributed by atoms with van der Waals surface area (Å²) in [6.07, 6.45) is 11.3. The van der Waals surface area contributed by atoms with Crippen LogP contribution < -0.4 is 0 Å². The number of rotatable bonds is 5. The minimum Gasteiger partial charge on any atom is -0.342 e. The third kappa shape index (κ3) is 4.00. The van der Waals surface area contributed by atoms with E-state index in [1.807, 2.05) is 42.6 Å². The number of para-hydroxylation sites is 1. The minimum absolute atomic E-state index is 0.266. The molecule has 1 unspecified atom stereocenters. The maximum atomic E-state index is 13.5. The summed E-state index contributed by atoms with van der Waals surface area (Å²) in [5.74, 6) is 0. The van der Waals surface area contributed by atoms with Crippen LogP contribution in [0.4, 0.5) is 0 Å². The molecule has 4 nitrogen and oxygen atoms in total. The summed E-state index contributed by atoms with van der Waals surface area (Å²) in [5, 5.41) is 0.822. The molecule has 0 bridgehead atoms. The number of hydrogen-bond acceptors (Lipinski definition) is 3. The first-order valence-electron chi connectivity index (χ1n) is 11.1. The average molecular weight is 433 g/mol. The normalized spacial score (nSPS) is 20.1. The zero-order valence-corrected chi connectivity index (χ0v) is 18.5. The van der Waals surface area contributed by atoms with E-state index in [-0.39, 0.29) is 6.04 Å². The van der Waals surface area contributed by atoms with Crippen molar-refractivity contribution < 1.29 is 8.42 Å². The van der Waals surface area contributed by atoms with Gasteiger partial charge in [0.25, 0.3) is 0 Å². The van der Waals surface area contributed by atoms with Gasteiger partial charge >= 0.3 is 0 Å². The predicted molar refractivity (Wildman–Crippen MR) is 126 cm³/mol. The van der Waals surface area contributed by atoms with Crippen LogP contribution in [0.25, 0.3) is 10.9 Å². The highest BCUT2D eigenvalue weighted by Gasteiger charge is 2.28. The molecule has 2 heterocycles. The van der Waals surface area contributed by atoms with Crippen molar-refractivity contribution in [1.82, 2.24) is 9.47 Å². The topological polar surface area (TPSA) is 42.3 Å². The van der Waals surface area contributed by atoms with Crippen LogP contribution in [0.5, 0.6) is 0 Å². The van der Waals surface area contributed by atoms with E-state index in [0.717, 1.165) is 56.2 Å². The van der Waals surface area contributed by atoms with E-state index in [2.05, 4.69) is 39.8 Å². The molecule has 2 aliphatic rings. The summed E-state index contributed by atoms with van der Waals surface area (Å²) < 4.78 is 29.1. The molecule has 0 saturated carbocycles. The van der Waals surface area contributed by atoms with Gasteiger partial charge in [0.1, 0.15) is 0 Å². The Morgan fingerprint density at radius 3 is 2.58 bits per heavy atom. The Morgan fingerprint density at radius 2 is 1.77 bits per heavy atom. The third-order valence-electron chi connectivity index (χ3n) is 6.39. The predicted octanol–water partition coefficient (Wildman–Crippen LogP) is 5.49. The molecule has 0 radical (unpaired) electrons.